The Labute approximate surface area is 98.6 Å². The minimum Gasteiger partial charge on any atom is -0.508 e. The van der Waals surface area contributed by atoms with E-state index in [1.165, 1.54) is 12.1 Å². The van der Waals surface area contributed by atoms with E-state index in [2.05, 4.69) is 5.32 Å². The highest BCUT2D eigenvalue weighted by atomic mass is 19.1. The fraction of sp³-hybridized carbons (Fsp3) is 0.417. The number of nitrogens with two attached hydrogens (primary N) is 1. The predicted octanol–water partition coefficient (Wildman–Crippen LogP) is 1.14. The fourth-order valence-corrected chi connectivity index (χ4v) is 1.98. The lowest BCUT2D eigenvalue weighted by Gasteiger charge is -2.41. The summed E-state index contributed by atoms with van der Waals surface area (Å²) in [5.41, 5.74) is 5.17. The zero-order chi connectivity index (χ0) is 12.5. The number of halogens is 1. The van der Waals surface area contributed by atoms with Crippen LogP contribution in [0, 0.1) is 5.82 Å². The van der Waals surface area contributed by atoms with E-state index >= 15 is 0 Å². The fourth-order valence-electron chi connectivity index (χ4n) is 1.98. The number of amides is 1. The van der Waals surface area contributed by atoms with Gasteiger partial charge in [-0.1, -0.05) is 0 Å². The lowest BCUT2D eigenvalue weighted by molar-refractivity contribution is 0.0833. The predicted molar refractivity (Wildman–Crippen MR) is 61.2 cm³/mol. The van der Waals surface area contributed by atoms with E-state index in [9.17, 15) is 9.18 Å². The lowest BCUT2D eigenvalue weighted by atomic mass is 9.76. The largest absolute Gasteiger partial charge is 0.508 e. The van der Waals surface area contributed by atoms with Crippen molar-refractivity contribution in [2.75, 3.05) is 6.54 Å². The van der Waals surface area contributed by atoms with E-state index in [1.54, 1.807) is 0 Å². The van der Waals surface area contributed by atoms with Gasteiger partial charge in [-0.05, 0) is 31.4 Å². The second kappa shape index (κ2) is 4.33. The standard InChI is InChI=1S/C12H15FN2O2/c13-10-6-8(16)2-3-9(10)11(17)15-12(7-14)4-1-5-12/h2-3,6,16H,1,4-5,7,14H2,(H,15,17). The van der Waals surface area contributed by atoms with Crippen molar-refractivity contribution < 1.29 is 14.3 Å². The van der Waals surface area contributed by atoms with Gasteiger partial charge in [-0.25, -0.2) is 4.39 Å². The summed E-state index contributed by atoms with van der Waals surface area (Å²) in [6.45, 7) is 0.360. The molecule has 0 saturated heterocycles. The van der Waals surface area contributed by atoms with Crippen molar-refractivity contribution in [2.24, 2.45) is 5.73 Å². The van der Waals surface area contributed by atoms with Crippen LogP contribution < -0.4 is 11.1 Å². The Morgan fingerprint density at radius 2 is 2.24 bits per heavy atom. The first-order valence-electron chi connectivity index (χ1n) is 5.57. The molecular weight excluding hydrogens is 223 g/mol. The van der Waals surface area contributed by atoms with Gasteiger partial charge in [0.15, 0.2) is 0 Å². The third-order valence-corrected chi connectivity index (χ3v) is 3.28. The summed E-state index contributed by atoms with van der Waals surface area (Å²) in [5, 5.41) is 11.8. The van der Waals surface area contributed by atoms with Crippen molar-refractivity contribution in [1.82, 2.24) is 5.32 Å². The molecule has 0 spiro atoms. The average Bonchev–Trinajstić information content (AvgIpc) is 2.23. The third-order valence-electron chi connectivity index (χ3n) is 3.28. The van der Waals surface area contributed by atoms with Gasteiger partial charge in [0.1, 0.15) is 11.6 Å². The van der Waals surface area contributed by atoms with Gasteiger partial charge in [-0.2, -0.15) is 0 Å². The number of benzene rings is 1. The summed E-state index contributed by atoms with van der Waals surface area (Å²) in [7, 11) is 0. The lowest BCUT2D eigenvalue weighted by Crippen LogP contribution is -2.58. The molecule has 1 aliphatic carbocycles. The highest BCUT2D eigenvalue weighted by molar-refractivity contribution is 5.95. The smallest absolute Gasteiger partial charge is 0.254 e. The molecule has 4 nitrogen and oxygen atoms in total. The summed E-state index contributed by atoms with van der Waals surface area (Å²) in [4.78, 5) is 11.9. The van der Waals surface area contributed by atoms with Crippen LogP contribution in [0.3, 0.4) is 0 Å². The van der Waals surface area contributed by atoms with Crippen molar-refractivity contribution in [2.45, 2.75) is 24.8 Å². The first-order valence-corrected chi connectivity index (χ1v) is 5.57. The highest BCUT2D eigenvalue weighted by Gasteiger charge is 2.37. The minimum atomic E-state index is -0.728. The van der Waals surface area contributed by atoms with E-state index in [-0.39, 0.29) is 16.9 Å². The minimum absolute atomic E-state index is 0.0671. The molecule has 1 aromatic carbocycles. The van der Waals surface area contributed by atoms with Crippen molar-refractivity contribution in [3.8, 4) is 5.75 Å². The van der Waals surface area contributed by atoms with Gasteiger partial charge >= 0.3 is 0 Å². The summed E-state index contributed by atoms with van der Waals surface area (Å²) < 4.78 is 13.4. The first kappa shape index (κ1) is 11.9. The molecule has 0 radical (unpaired) electrons. The van der Waals surface area contributed by atoms with Gasteiger partial charge in [0.2, 0.25) is 0 Å². The van der Waals surface area contributed by atoms with Crippen molar-refractivity contribution in [3.05, 3.63) is 29.6 Å². The molecule has 1 amide bonds. The molecule has 5 heteroatoms. The molecule has 0 aliphatic heterocycles. The second-order valence-electron chi connectivity index (χ2n) is 4.46. The molecule has 0 unspecified atom stereocenters. The Morgan fingerprint density at radius 1 is 1.53 bits per heavy atom. The normalized spacial score (nSPS) is 17.3. The zero-order valence-corrected chi connectivity index (χ0v) is 9.37. The second-order valence-corrected chi connectivity index (χ2v) is 4.46. The zero-order valence-electron chi connectivity index (χ0n) is 9.37. The maximum atomic E-state index is 13.4. The van der Waals surface area contributed by atoms with Crippen LogP contribution in [-0.4, -0.2) is 23.1 Å². The number of rotatable bonds is 3. The molecule has 17 heavy (non-hydrogen) atoms. The van der Waals surface area contributed by atoms with Crippen molar-refractivity contribution in [1.29, 1.82) is 0 Å². The maximum absolute atomic E-state index is 13.4. The highest BCUT2D eigenvalue weighted by Crippen LogP contribution is 2.31. The maximum Gasteiger partial charge on any atom is 0.254 e. The molecule has 0 bridgehead atoms. The molecule has 4 N–H and O–H groups in total. The number of nitrogens with one attached hydrogen (secondary N) is 1. The van der Waals surface area contributed by atoms with Crippen LogP contribution in [0.2, 0.25) is 0 Å². The monoisotopic (exact) mass is 238 g/mol. The van der Waals surface area contributed by atoms with E-state index in [0.717, 1.165) is 25.3 Å². The molecule has 1 fully saturated rings. The van der Waals surface area contributed by atoms with E-state index in [1.807, 2.05) is 0 Å². The molecule has 92 valence electrons. The van der Waals surface area contributed by atoms with Gasteiger partial charge in [-0.15, -0.1) is 0 Å². The number of carbonyl (C=O) groups is 1. The van der Waals surface area contributed by atoms with Gasteiger partial charge in [-0.3, -0.25) is 4.79 Å². The SMILES string of the molecule is NCC1(NC(=O)c2ccc(O)cc2F)CCC1. The number of phenolic OH excluding ortho intramolecular Hbond substituents is 1. The van der Waals surface area contributed by atoms with Crippen LogP contribution in [0.25, 0.3) is 0 Å². The molecular formula is C12H15FN2O2. The quantitative estimate of drug-likeness (QED) is 0.739. The molecule has 0 atom stereocenters. The summed E-state index contributed by atoms with van der Waals surface area (Å²) in [6, 6.07) is 3.47. The van der Waals surface area contributed by atoms with Gasteiger partial charge in [0, 0.05) is 12.6 Å². The molecule has 0 heterocycles. The molecule has 1 aromatic rings. The van der Waals surface area contributed by atoms with Crippen LogP contribution in [0.5, 0.6) is 5.75 Å². The Bertz CT molecular complexity index is 439. The van der Waals surface area contributed by atoms with Crippen LogP contribution in [0.1, 0.15) is 29.6 Å². The Hall–Kier alpha value is -1.62. The van der Waals surface area contributed by atoms with Crippen molar-refractivity contribution in [3.63, 3.8) is 0 Å². The van der Waals surface area contributed by atoms with Gasteiger partial charge in [0.05, 0.1) is 11.1 Å². The average molecular weight is 238 g/mol. The van der Waals surface area contributed by atoms with E-state index < -0.39 is 11.7 Å². The number of aromatic hydroxyl groups is 1. The number of phenols is 1. The van der Waals surface area contributed by atoms with E-state index in [0.29, 0.717) is 6.54 Å². The third kappa shape index (κ3) is 2.24. The Balaban J connectivity index is 2.14. The van der Waals surface area contributed by atoms with E-state index in [4.69, 9.17) is 10.8 Å². The van der Waals surface area contributed by atoms with Crippen molar-refractivity contribution >= 4 is 5.91 Å². The number of hydrogen-bond acceptors (Lipinski definition) is 3. The Morgan fingerprint density at radius 3 is 2.71 bits per heavy atom. The van der Waals surface area contributed by atoms with Crippen LogP contribution in [0.4, 0.5) is 4.39 Å². The summed E-state index contributed by atoms with van der Waals surface area (Å²) >= 11 is 0. The topological polar surface area (TPSA) is 75.3 Å². The van der Waals surface area contributed by atoms with Crippen LogP contribution in [-0.2, 0) is 0 Å². The molecule has 2 rings (SSSR count). The van der Waals surface area contributed by atoms with Crippen LogP contribution >= 0.6 is 0 Å². The van der Waals surface area contributed by atoms with Gasteiger partial charge < -0.3 is 16.2 Å². The number of hydrogen-bond donors (Lipinski definition) is 3. The molecule has 1 aliphatic rings. The Kier molecular flexibility index (Phi) is 3.02. The van der Waals surface area contributed by atoms with Crippen LogP contribution in [0.15, 0.2) is 18.2 Å². The summed E-state index contributed by atoms with van der Waals surface area (Å²) in [5.74, 6) is -1.40. The number of carbonyl (C=O) groups excluding carboxylic acids is 1. The first-order chi connectivity index (χ1) is 8.06. The molecule has 0 aromatic heterocycles. The molecule has 1 saturated carbocycles. The summed E-state index contributed by atoms with van der Waals surface area (Å²) in [6.07, 6.45) is 2.68. The van der Waals surface area contributed by atoms with Gasteiger partial charge in [0.25, 0.3) is 5.91 Å².